The highest BCUT2D eigenvalue weighted by molar-refractivity contribution is 6.24. The van der Waals surface area contributed by atoms with Crippen LogP contribution in [0.3, 0.4) is 0 Å². The third-order valence-electron chi connectivity index (χ3n) is 8.62. The molecule has 0 atom stereocenters. The molecule has 0 radical (unpaired) electrons. The first-order chi connectivity index (χ1) is 37.8. The molecule has 0 N–H and O–H groups in total. The lowest BCUT2D eigenvalue weighted by Gasteiger charge is -2.19. The van der Waals surface area contributed by atoms with Crippen molar-refractivity contribution in [1.82, 2.24) is 0 Å². The lowest BCUT2D eigenvalue weighted by molar-refractivity contribution is 0.670. The van der Waals surface area contributed by atoms with Crippen LogP contribution in [-0.4, -0.2) is 0 Å². The zero-order valence-electron chi connectivity index (χ0n) is 55.4. The molecule has 0 saturated heterocycles. The summed E-state index contributed by atoms with van der Waals surface area (Å²) in [6, 6.07) is -28.3. The highest BCUT2D eigenvalue weighted by atomic mass is 16.3. The number of fused-ring (bicyclic) bond motifs is 9. The Morgan fingerprint density at radius 1 is 0.333 bits per heavy atom. The topological polar surface area (TPSA) is 13.1 Å². The molecule has 1 heteroatoms. The Balaban J connectivity index is 1.40. The molecule has 0 aliphatic heterocycles. The van der Waals surface area contributed by atoms with Crippen LogP contribution in [0.15, 0.2) is 186 Å². The fraction of sp³-hybridized carbons (Fsp3) is 0. The van der Waals surface area contributed by atoms with E-state index in [2.05, 4.69) is 0 Å². The van der Waals surface area contributed by atoms with Gasteiger partial charge in [-0.2, -0.15) is 0 Å². The summed E-state index contributed by atoms with van der Waals surface area (Å²) >= 11 is 0. The first kappa shape index (κ1) is 11.7. The van der Waals surface area contributed by atoms with Crippen LogP contribution < -0.4 is 0 Å². The van der Waals surface area contributed by atoms with E-state index in [0.29, 0.717) is 0 Å². The summed E-state index contributed by atoms with van der Waals surface area (Å²) in [7, 11) is 0. The number of hydrogen-bond acceptors (Lipinski definition) is 1. The Morgan fingerprint density at radius 2 is 0.843 bits per heavy atom. The van der Waals surface area contributed by atoms with Crippen LogP contribution in [0.4, 0.5) is 0 Å². The fourth-order valence-corrected chi connectivity index (χ4v) is 6.50. The van der Waals surface area contributed by atoms with Crippen LogP contribution in [0.1, 0.15) is 41.1 Å². The average molecular weight is 677 g/mol. The Hall–Kier alpha value is -6.70. The molecular weight excluding hydrogens is 617 g/mol. The van der Waals surface area contributed by atoms with E-state index < -0.39 is 285 Å². The highest BCUT2D eigenvalue weighted by Crippen LogP contribution is 2.46. The number of para-hydroxylation sites is 1. The lowest BCUT2D eigenvalue weighted by atomic mass is 9.84. The van der Waals surface area contributed by atoms with Crippen LogP contribution in [0.2, 0.25) is 0 Å². The lowest BCUT2D eigenvalue weighted by Crippen LogP contribution is -1.92. The molecule has 0 unspecified atom stereocenters. The van der Waals surface area contributed by atoms with Crippen LogP contribution >= 0.6 is 0 Å². The molecule has 1 nitrogen and oxygen atoms in total. The van der Waals surface area contributed by atoms with Gasteiger partial charge >= 0.3 is 0 Å². The number of benzene rings is 10. The van der Waals surface area contributed by atoms with Crippen LogP contribution in [-0.2, 0) is 0 Å². The molecule has 0 fully saturated rings. The van der Waals surface area contributed by atoms with Gasteiger partial charge in [0.05, 0.1) is 41.1 Å². The molecule has 0 bridgehead atoms. The zero-order chi connectivity index (χ0) is 59.6. The van der Waals surface area contributed by atoms with E-state index in [0.717, 1.165) is 0 Å². The molecule has 0 aliphatic carbocycles. The normalized spacial score (nSPS) is 20.2. The largest absolute Gasteiger partial charge is 0.455 e. The van der Waals surface area contributed by atoms with E-state index in [1.807, 2.05) is 0 Å². The van der Waals surface area contributed by atoms with E-state index in [1.54, 1.807) is 0 Å². The second kappa shape index (κ2) is 10.9. The summed E-state index contributed by atoms with van der Waals surface area (Å²) < 4.78 is 279. The molecule has 11 aromatic rings. The minimum atomic E-state index is -1.13. The molecule has 1 heterocycles. The number of furan rings is 1. The van der Waals surface area contributed by atoms with Crippen molar-refractivity contribution in [3.8, 4) is 33.4 Å². The maximum Gasteiger partial charge on any atom is 0.143 e. The van der Waals surface area contributed by atoms with E-state index in [4.69, 9.17) is 29.1 Å². The van der Waals surface area contributed by atoms with E-state index in [-0.39, 0.29) is 5.39 Å². The summed E-state index contributed by atoms with van der Waals surface area (Å²) in [6.45, 7) is 0. The summed E-state index contributed by atoms with van der Waals surface area (Å²) in [6.07, 6.45) is 0. The highest BCUT2D eigenvalue weighted by Gasteiger charge is 2.19. The predicted molar refractivity (Wildman–Crippen MR) is 218 cm³/mol. The second-order valence-electron chi connectivity index (χ2n) is 11.3. The molecule has 0 spiro atoms. The van der Waals surface area contributed by atoms with Crippen molar-refractivity contribution in [2.45, 2.75) is 0 Å². The molecule has 1 aromatic heterocycles. The average Bonchev–Trinajstić information content (AvgIpc) is 2.00. The molecule has 51 heavy (non-hydrogen) atoms. The minimum absolute atomic E-state index is 0.389. The molecule has 0 aliphatic rings. The molecule has 11 rings (SSSR count). The van der Waals surface area contributed by atoms with Crippen LogP contribution in [0.5, 0.6) is 0 Å². The smallest absolute Gasteiger partial charge is 0.143 e. The van der Waals surface area contributed by atoms with Gasteiger partial charge in [0.1, 0.15) is 11.2 Å². The Kier molecular flexibility index (Phi) is 2.50. The van der Waals surface area contributed by atoms with E-state index in [9.17, 15) is 16.4 Å². The van der Waals surface area contributed by atoms with Crippen LogP contribution in [0.25, 0.3) is 109 Å². The third-order valence-corrected chi connectivity index (χ3v) is 8.62. The Labute approximate surface area is 336 Å². The van der Waals surface area contributed by atoms with Gasteiger partial charge in [-0.1, -0.05) is 169 Å². The fourth-order valence-electron chi connectivity index (χ4n) is 6.50. The van der Waals surface area contributed by atoms with Crippen molar-refractivity contribution < 1.29 is 45.5 Å². The van der Waals surface area contributed by atoms with Crippen molar-refractivity contribution in [2.24, 2.45) is 0 Å². The van der Waals surface area contributed by atoms with Gasteiger partial charge in [-0.15, -0.1) is 0 Å². The SMILES string of the molecule is [2H]c1c([2H])c([2H])c2c(oc3c([2H])c([2H])c4c([2H])c([2H])c([2H])c([2H])c4c32)c1-c1c([2H])c([2H])c([2H])c2c([2H])c(-c3c4c([2H])c([2H])c([2H])c([2H])c4c(-c4c([2H])c([2H])c([2H])c5c([2H])c([2H])c([2H])c([2H])c45)c4c([2H])c([2H])c([2H])c([2H])c34)c([2H])c([2H])c12. The second-order valence-corrected chi connectivity index (χ2v) is 11.3. The summed E-state index contributed by atoms with van der Waals surface area (Å²) in [5, 5.41) is -7.76. The monoisotopic (exact) mass is 676 g/mol. The van der Waals surface area contributed by atoms with Crippen molar-refractivity contribution in [3.63, 3.8) is 0 Å². The maximum absolute atomic E-state index is 10.0. The quantitative estimate of drug-likeness (QED) is 0.170. The summed E-state index contributed by atoms with van der Waals surface area (Å²) in [5.41, 5.74) is -5.87. The van der Waals surface area contributed by atoms with Gasteiger partial charge in [0.25, 0.3) is 0 Å². The first-order valence-electron chi connectivity index (χ1n) is 30.2. The van der Waals surface area contributed by atoms with Gasteiger partial charge in [-0.05, 0) is 93.8 Å². The van der Waals surface area contributed by atoms with E-state index >= 15 is 0 Å². The molecule has 236 valence electrons. The Morgan fingerprint density at radius 3 is 1.59 bits per heavy atom. The van der Waals surface area contributed by atoms with Gasteiger partial charge in [0.2, 0.25) is 0 Å². The van der Waals surface area contributed by atoms with Gasteiger partial charge in [0.15, 0.2) is 0 Å². The Bertz CT molecular complexity index is 4840. The van der Waals surface area contributed by atoms with Gasteiger partial charge in [0, 0.05) is 16.3 Å². The minimum Gasteiger partial charge on any atom is -0.455 e. The van der Waals surface area contributed by atoms with E-state index in [1.165, 1.54) is 0 Å². The maximum atomic E-state index is 10.0. The van der Waals surface area contributed by atoms with Crippen molar-refractivity contribution in [2.75, 3.05) is 0 Å². The molecule has 0 saturated carbocycles. The van der Waals surface area contributed by atoms with Gasteiger partial charge < -0.3 is 4.42 Å². The molecule has 10 aromatic carbocycles. The first-order valence-corrected chi connectivity index (χ1v) is 15.2. The third kappa shape index (κ3) is 4.16. The van der Waals surface area contributed by atoms with Crippen molar-refractivity contribution >= 4 is 75.8 Å². The molecular formula is C50H30O. The number of hydrogen-bond donors (Lipinski definition) is 0. The predicted octanol–water partition coefficient (Wildman–Crippen LogP) is 14.4. The summed E-state index contributed by atoms with van der Waals surface area (Å²) in [4.78, 5) is 0. The van der Waals surface area contributed by atoms with Gasteiger partial charge in [-0.25, -0.2) is 0 Å². The van der Waals surface area contributed by atoms with Crippen molar-refractivity contribution in [1.29, 1.82) is 0 Å². The zero-order valence-corrected chi connectivity index (χ0v) is 25.4. The van der Waals surface area contributed by atoms with Crippen LogP contribution in [0, 0.1) is 0 Å². The van der Waals surface area contributed by atoms with Crippen molar-refractivity contribution in [3.05, 3.63) is 181 Å². The summed E-state index contributed by atoms with van der Waals surface area (Å²) in [5.74, 6) is 0. The molecule has 0 amide bonds. The standard InChI is InChI=1S/C50H30O/c1-3-16-35-31(12-1)14-9-23-39(35)48-42-20-7-5-18-40(42)47(41-19-6-8-21-43(41)48)34-26-28-36-33(30-34)15-10-22-38(36)44-24-11-25-45-49-37-17-4-2-13-32(37)27-29-46(49)51-50(44)45/h1-30H/i1D,2D,3D,4D,5D,6D,7D,8D,9D,10D,11D,12D,13D,14D,15D,16D,17D,18D,19D,20D,21D,22D,23D,24D,25D,26D,27D,28D,29D,30D. The number of rotatable bonds is 3. The van der Waals surface area contributed by atoms with Gasteiger partial charge in [-0.3, -0.25) is 0 Å².